The van der Waals surface area contributed by atoms with Crippen molar-refractivity contribution >= 4 is 22.1 Å². The first kappa shape index (κ1) is 19.5. The molecule has 2 aromatic rings. The van der Waals surface area contributed by atoms with E-state index in [1.807, 2.05) is 0 Å². The third-order valence-corrected chi connectivity index (χ3v) is 4.94. The Balaban J connectivity index is 2.10. The van der Waals surface area contributed by atoms with E-state index in [0.717, 1.165) is 6.08 Å². The number of rotatable bonds is 8. The lowest BCUT2D eigenvalue weighted by Crippen LogP contribution is -2.23. The molecule has 8 heteroatoms. The number of nitrogens with one attached hydrogen (secondary N) is 1. The Morgan fingerprint density at radius 3 is 2.31 bits per heavy atom. The number of hydrogen-bond donors (Lipinski definition) is 2. The fourth-order valence-corrected chi connectivity index (χ4v) is 3.20. The highest BCUT2D eigenvalue weighted by Gasteiger charge is 2.14. The molecule has 2 aromatic carbocycles. The minimum absolute atomic E-state index is 0.0867. The summed E-state index contributed by atoms with van der Waals surface area (Å²) in [5.74, 6) is 0.00108. The SMILES string of the molecule is COc1ccc(CNS(=O)(=O)c2ccc(/C=C/C(=O)O)cc2)cc1OC. The van der Waals surface area contributed by atoms with Crippen LogP contribution in [0.25, 0.3) is 6.08 Å². The maximum absolute atomic E-state index is 12.4. The topological polar surface area (TPSA) is 102 Å². The number of benzene rings is 2. The molecule has 0 atom stereocenters. The maximum atomic E-state index is 12.4. The molecule has 0 aliphatic rings. The number of carbonyl (C=O) groups is 1. The van der Waals surface area contributed by atoms with Crippen molar-refractivity contribution in [3.63, 3.8) is 0 Å². The zero-order chi connectivity index (χ0) is 19.2. The van der Waals surface area contributed by atoms with Gasteiger partial charge in [-0.3, -0.25) is 0 Å². The maximum Gasteiger partial charge on any atom is 0.328 e. The molecule has 0 saturated carbocycles. The zero-order valence-corrected chi connectivity index (χ0v) is 15.1. The summed E-state index contributed by atoms with van der Waals surface area (Å²) in [6, 6.07) is 11.0. The quantitative estimate of drug-likeness (QED) is 0.685. The molecule has 138 valence electrons. The first-order chi connectivity index (χ1) is 12.4. The van der Waals surface area contributed by atoms with Crippen LogP contribution in [0.4, 0.5) is 0 Å². The molecular formula is C18H19NO6S. The lowest BCUT2D eigenvalue weighted by atomic mass is 10.2. The molecule has 0 aliphatic carbocycles. The van der Waals surface area contributed by atoms with Crippen LogP contribution in [0.2, 0.25) is 0 Å². The van der Waals surface area contributed by atoms with E-state index >= 15 is 0 Å². The lowest BCUT2D eigenvalue weighted by Gasteiger charge is -2.11. The summed E-state index contributed by atoms with van der Waals surface area (Å²) in [4.78, 5) is 10.6. The van der Waals surface area contributed by atoms with Crippen molar-refractivity contribution in [2.24, 2.45) is 0 Å². The molecule has 0 heterocycles. The molecule has 2 rings (SSSR count). The number of carboxylic acid groups (broad SMARTS) is 1. The van der Waals surface area contributed by atoms with Gasteiger partial charge in [-0.15, -0.1) is 0 Å². The monoisotopic (exact) mass is 377 g/mol. The summed E-state index contributed by atoms with van der Waals surface area (Å²) >= 11 is 0. The highest BCUT2D eigenvalue weighted by molar-refractivity contribution is 7.89. The third-order valence-electron chi connectivity index (χ3n) is 3.52. The largest absolute Gasteiger partial charge is 0.493 e. The van der Waals surface area contributed by atoms with Gasteiger partial charge in [0.05, 0.1) is 19.1 Å². The van der Waals surface area contributed by atoms with Crippen molar-refractivity contribution in [1.82, 2.24) is 4.72 Å². The summed E-state index contributed by atoms with van der Waals surface area (Å²) in [6.07, 6.45) is 2.37. The molecule has 0 amide bonds. The fourth-order valence-electron chi connectivity index (χ4n) is 2.18. The minimum Gasteiger partial charge on any atom is -0.493 e. The Kier molecular flexibility index (Phi) is 6.37. The number of methoxy groups -OCH3 is 2. The number of aliphatic carboxylic acids is 1. The minimum atomic E-state index is -3.70. The second-order valence-electron chi connectivity index (χ2n) is 5.25. The van der Waals surface area contributed by atoms with Crippen LogP contribution in [-0.2, 0) is 21.4 Å². The van der Waals surface area contributed by atoms with Crippen LogP contribution in [0, 0.1) is 0 Å². The van der Waals surface area contributed by atoms with Gasteiger partial charge in [-0.2, -0.15) is 0 Å². The molecule has 2 N–H and O–H groups in total. The second kappa shape index (κ2) is 8.50. The van der Waals surface area contributed by atoms with E-state index < -0.39 is 16.0 Å². The van der Waals surface area contributed by atoms with Gasteiger partial charge in [0.1, 0.15) is 0 Å². The van der Waals surface area contributed by atoms with Crippen LogP contribution in [-0.4, -0.2) is 33.7 Å². The molecular weight excluding hydrogens is 358 g/mol. The summed E-state index contributed by atoms with van der Waals surface area (Å²) in [7, 11) is -0.675. The van der Waals surface area contributed by atoms with E-state index in [1.54, 1.807) is 18.2 Å². The average Bonchev–Trinajstić information content (AvgIpc) is 2.64. The Bertz CT molecular complexity index is 904. The molecule has 0 unspecified atom stereocenters. The summed E-state index contributed by atoms with van der Waals surface area (Å²) in [6.45, 7) is 0.0867. The van der Waals surface area contributed by atoms with Gasteiger partial charge in [0, 0.05) is 12.6 Å². The average molecular weight is 377 g/mol. The molecule has 0 spiro atoms. The Morgan fingerprint density at radius 1 is 1.08 bits per heavy atom. The van der Waals surface area contributed by atoms with Crippen LogP contribution in [0.5, 0.6) is 11.5 Å². The zero-order valence-electron chi connectivity index (χ0n) is 14.3. The summed E-state index contributed by atoms with van der Waals surface area (Å²) in [5, 5.41) is 8.60. The van der Waals surface area contributed by atoms with Gasteiger partial charge >= 0.3 is 5.97 Å². The van der Waals surface area contributed by atoms with Crippen molar-refractivity contribution in [2.75, 3.05) is 14.2 Å². The van der Waals surface area contributed by atoms with Crippen molar-refractivity contribution in [1.29, 1.82) is 0 Å². The third kappa shape index (κ3) is 5.08. The lowest BCUT2D eigenvalue weighted by molar-refractivity contribution is -0.131. The Hall–Kier alpha value is -2.84. The van der Waals surface area contributed by atoms with Gasteiger partial charge in [-0.1, -0.05) is 18.2 Å². The normalized spacial score (nSPS) is 11.5. The highest BCUT2D eigenvalue weighted by atomic mass is 32.2. The number of ether oxygens (including phenoxy) is 2. The van der Waals surface area contributed by atoms with Crippen molar-refractivity contribution in [3.05, 3.63) is 59.7 Å². The van der Waals surface area contributed by atoms with Crippen LogP contribution >= 0.6 is 0 Å². The second-order valence-corrected chi connectivity index (χ2v) is 7.02. The van der Waals surface area contributed by atoms with Crippen molar-refractivity contribution < 1.29 is 27.8 Å². The van der Waals surface area contributed by atoms with Crippen molar-refractivity contribution in [2.45, 2.75) is 11.4 Å². The van der Waals surface area contributed by atoms with Crippen LogP contribution < -0.4 is 14.2 Å². The predicted molar refractivity (Wildman–Crippen MR) is 96.7 cm³/mol. The van der Waals surface area contributed by atoms with Gasteiger partial charge in [-0.25, -0.2) is 17.9 Å². The predicted octanol–water partition coefficient (Wildman–Crippen LogP) is 2.28. The van der Waals surface area contributed by atoms with E-state index in [4.69, 9.17) is 14.6 Å². The highest BCUT2D eigenvalue weighted by Crippen LogP contribution is 2.27. The number of sulfonamides is 1. The van der Waals surface area contributed by atoms with Gasteiger partial charge in [-0.05, 0) is 41.5 Å². The first-order valence-electron chi connectivity index (χ1n) is 7.57. The molecule has 26 heavy (non-hydrogen) atoms. The molecule has 0 radical (unpaired) electrons. The Morgan fingerprint density at radius 2 is 1.73 bits per heavy atom. The molecule has 0 bridgehead atoms. The number of hydrogen-bond acceptors (Lipinski definition) is 5. The van der Waals surface area contributed by atoms with Crippen molar-refractivity contribution in [3.8, 4) is 11.5 Å². The van der Waals surface area contributed by atoms with Gasteiger partial charge in [0.15, 0.2) is 11.5 Å². The van der Waals surface area contributed by atoms with Crippen LogP contribution in [0.1, 0.15) is 11.1 Å². The molecule has 0 fully saturated rings. The number of carboxylic acids is 1. The van der Waals surface area contributed by atoms with E-state index in [1.165, 1.54) is 44.6 Å². The van der Waals surface area contributed by atoms with Gasteiger partial charge in [0.25, 0.3) is 0 Å². The molecule has 0 aliphatic heterocycles. The molecule has 7 nitrogen and oxygen atoms in total. The smallest absolute Gasteiger partial charge is 0.328 e. The first-order valence-corrected chi connectivity index (χ1v) is 9.05. The van der Waals surface area contributed by atoms with Crippen LogP contribution in [0.15, 0.2) is 53.4 Å². The van der Waals surface area contributed by atoms with E-state index in [-0.39, 0.29) is 11.4 Å². The van der Waals surface area contributed by atoms with Gasteiger partial charge in [0.2, 0.25) is 10.0 Å². The molecule has 0 saturated heterocycles. The van der Waals surface area contributed by atoms with E-state index in [2.05, 4.69) is 4.72 Å². The van der Waals surface area contributed by atoms with Crippen LogP contribution in [0.3, 0.4) is 0 Å². The standard InChI is InChI=1S/C18H19NO6S/c1-24-16-9-5-14(11-17(16)25-2)12-19-26(22,23)15-7-3-13(4-8-15)6-10-18(20)21/h3-11,19H,12H2,1-2H3,(H,20,21)/b10-6+. The Labute approximate surface area is 151 Å². The molecule has 0 aromatic heterocycles. The van der Waals surface area contributed by atoms with E-state index in [9.17, 15) is 13.2 Å². The van der Waals surface area contributed by atoms with Gasteiger partial charge < -0.3 is 14.6 Å². The fraction of sp³-hybridized carbons (Fsp3) is 0.167. The summed E-state index contributed by atoms with van der Waals surface area (Å²) in [5.41, 5.74) is 1.30. The summed E-state index contributed by atoms with van der Waals surface area (Å²) < 4.78 is 37.6. The van der Waals surface area contributed by atoms with E-state index in [0.29, 0.717) is 22.6 Å².